The normalized spacial score (nSPS) is 13.4. The molecule has 1 fully saturated rings. The zero-order valence-electron chi connectivity index (χ0n) is 11.8. The molecule has 1 aliphatic rings. The Morgan fingerprint density at radius 1 is 1.38 bits per heavy atom. The van der Waals surface area contributed by atoms with Crippen LogP contribution in [0, 0.1) is 12.8 Å². The van der Waals surface area contributed by atoms with E-state index in [9.17, 15) is 4.79 Å². The molecule has 1 amide bonds. The molecule has 0 saturated heterocycles. The summed E-state index contributed by atoms with van der Waals surface area (Å²) in [6.45, 7) is 3.24. The van der Waals surface area contributed by atoms with Gasteiger partial charge in [0.2, 0.25) is 5.91 Å². The van der Waals surface area contributed by atoms with E-state index in [0.717, 1.165) is 35.0 Å². The Balaban J connectivity index is 0.00000110. The molecule has 1 saturated carbocycles. The zero-order valence-corrected chi connectivity index (χ0v) is 13.4. The summed E-state index contributed by atoms with van der Waals surface area (Å²) in [6, 6.07) is 5.70. The van der Waals surface area contributed by atoms with Crippen molar-refractivity contribution in [3.05, 3.63) is 24.0 Å². The Labute approximate surface area is 136 Å². The number of aromatic amines is 1. The molecule has 0 atom stereocenters. The number of nitrogens with one attached hydrogen (secondary N) is 3. The van der Waals surface area contributed by atoms with Crippen molar-refractivity contribution < 1.29 is 4.79 Å². The van der Waals surface area contributed by atoms with Gasteiger partial charge in [0.1, 0.15) is 5.82 Å². The van der Waals surface area contributed by atoms with Gasteiger partial charge in [-0.2, -0.15) is 0 Å². The van der Waals surface area contributed by atoms with Gasteiger partial charge in [0.25, 0.3) is 0 Å². The Morgan fingerprint density at radius 2 is 2.14 bits per heavy atom. The predicted molar refractivity (Wildman–Crippen MR) is 89.6 cm³/mol. The maximum atomic E-state index is 11.8. The molecule has 116 valence electrons. The van der Waals surface area contributed by atoms with Gasteiger partial charge >= 0.3 is 0 Å². The molecule has 0 aliphatic heterocycles. The number of anilines is 1. The number of amides is 1. The Hall–Kier alpha value is -1.30. The minimum atomic E-state index is -0.00348. The number of H-pyrrole nitrogens is 1. The molecule has 5 nitrogen and oxygen atoms in total. The molecular weight excluding hydrogens is 311 g/mol. The number of hydrogen-bond acceptors (Lipinski definition) is 3. The van der Waals surface area contributed by atoms with Crippen molar-refractivity contribution in [1.82, 2.24) is 15.3 Å². The number of hydrogen-bond donors (Lipinski definition) is 3. The molecule has 21 heavy (non-hydrogen) atoms. The van der Waals surface area contributed by atoms with Crippen molar-refractivity contribution in [1.29, 1.82) is 0 Å². The van der Waals surface area contributed by atoms with Gasteiger partial charge in [-0.25, -0.2) is 4.98 Å². The number of halogens is 2. The second kappa shape index (κ2) is 7.64. The first kappa shape index (κ1) is 17.8. The largest absolute Gasteiger partial charge is 0.342 e. The van der Waals surface area contributed by atoms with Crippen LogP contribution in [0.1, 0.15) is 18.7 Å². The summed E-state index contributed by atoms with van der Waals surface area (Å²) in [5.41, 5.74) is 2.66. The van der Waals surface area contributed by atoms with Gasteiger partial charge in [-0.15, -0.1) is 24.8 Å². The van der Waals surface area contributed by atoms with E-state index in [-0.39, 0.29) is 30.7 Å². The lowest BCUT2D eigenvalue weighted by molar-refractivity contribution is -0.115. The third kappa shape index (κ3) is 4.88. The molecule has 0 unspecified atom stereocenters. The van der Waals surface area contributed by atoms with Gasteiger partial charge in [-0.1, -0.05) is 0 Å². The lowest BCUT2D eigenvalue weighted by Crippen LogP contribution is -2.29. The van der Waals surface area contributed by atoms with Crippen LogP contribution in [0.15, 0.2) is 18.2 Å². The van der Waals surface area contributed by atoms with Crippen LogP contribution in [0.25, 0.3) is 11.0 Å². The first-order valence-corrected chi connectivity index (χ1v) is 6.67. The van der Waals surface area contributed by atoms with Crippen molar-refractivity contribution >= 4 is 47.4 Å². The first-order valence-electron chi connectivity index (χ1n) is 6.67. The summed E-state index contributed by atoms with van der Waals surface area (Å²) in [4.78, 5) is 19.2. The molecule has 7 heteroatoms. The number of aryl methyl sites for hydroxylation is 1. The van der Waals surface area contributed by atoms with Crippen LogP contribution in [0.3, 0.4) is 0 Å². The number of imidazole rings is 1. The van der Waals surface area contributed by atoms with E-state index in [2.05, 4.69) is 20.6 Å². The van der Waals surface area contributed by atoms with E-state index in [0.29, 0.717) is 6.54 Å². The van der Waals surface area contributed by atoms with Crippen LogP contribution in [-0.4, -0.2) is 29.0 Å². The number of carbonyl (C=O) groups excluding carboxylic acids is 1. The summed E-state index contributed by atoms with van der Waals surface area (Å²) in [6.07, 6.45) is 2.59. The highest BCUT2D eigenvalue weighted by atomic mass is 35.5. The average molecular weight is 331 g/mol. The highest BCUT2D eigenvalue weighted by molar-refractivity contribution is 5.94. The van der Waals surface area contributed by atoms with Crippen LogP contribution in [0.4, 0.5) is 5.69 Å². The monoisotopic (exact) mass is 330 g/mol. The lowest BCUT2D eigenvalue weighted by Gasteiger charge is -2.06. The van der Waals surface area contributed by atoms with Gasteiger partial charge in [0.15, 0.2) is 0 Å². The van der Waals surface area contributed by atoms with Crippen LogP contribution < -0.4 is 10.6 Å². The molecule has 3 N–H and O–H groups in total. The number of fused-ring (bicyclic) bond motifs is 1. The second-order valence-electron chi connectivity index (χ2n) is 5.18. The number of aromatic nitrogens is 2. The fourth-order valence-electron chi connectivity index (χ4n) is 2.13. The molecule has 3 rings (SSSR count). The molecule has 0 radical (unpaired) electrons. The van der Waals surface area contributed by atoms with Crippen LogP contribution in [-0.2, 0) is 4.79 Å². The van der Waals surface area contributed by atoms with Gasteiger partial charge < -0.3 is 15.6 Å². The van der Waals surface area contributed by atoms with E-state index >= 15 is 0 Å². The zero-order chi connectivity index (χ0) is 13.2. The Morgan fingerprint density at radius 3 is 2.86 bits per heavy atom. The quantitative estimate of drug-likeness (QED) is 0.789. The van der Waals surface area contributed by atoms with Crippen molar-refractivity contribution in [3.63, 3.8) is 0 Å². The van der Waals surface area contributed by atoms with E-state index in [4.69, 9.17) is 0 Å². The summed E-state index contributed by atoms with van der Waals surface area (Å²) < 4.78 is 0. The van der Waals surface area contributed by atoms with Crippen LogP contribution in [0.2, 0.25) is 0 Å². The fraction of sp³-hybridized carbons (Fsp3) is 0.429. The number of carbonyl (C=O) groups is 1. The highest BCUT2D eigenvalue weighted by Gasteiger charge is 2.20. The molecule has 1 aliphatic carbocycles. The smallest absolute Gasteiger partial charge is 0.238 e. The third-order valence-electron chi connectivity index (χ3n) is 3.30. The minimum absolute atomic E-state index is 0. The van der Waals surface area contributed by atoms with Crippen LogP contribution >= 0.6 is 24.8 Å². The standard InChI is InChI=1S/C14H18N4O.2ClH/c1-9-16-12-5-4-11(6-13(12)17-9)18-14(19)8-15-7-10-2-3-10;;/h4-6,10,15H,2-3,7-8H2,1H3,(H,16,17)(H,18,19);2*1H. The molecule has 0 spiro atoms. The van der Waals surface area contributed by atoms with E-state index < -0.39 is 0 Å². The van der Waals surface area contributed by atoms with E-state index in [1.54, 1.807) is 0 Å². The number of nitrogens with zero attached hydrogens (tertiary/aromatic N) is 1. The van der Waals surface area contributed by atoms with Gasteiger partial charge in [-0.05, 0) is 50.4 Å². The van der Waals surface area contributed by atoms with Crippen molar-refractivity contribution in [3.8, 4) is 0 Å². The molecule has 2 aromatic rings. The highest BCUT2D eigenvalue weighted by Crippen LogP contribution is 2.27. The fourth-order valence-corrected chi connectivity index (χ4v) is 2.13. The van der Waals surface area contributed by atoms with Gasteiger partial charge in [0.05, 0.1) is 17.6 Å². The molecular formula is C14H20Cl2N4O. The van der Waals surface area contributed by atoms with Gasteiger partial charge in [-0.3, -0.25) is 4.79 Å². The van der Waals surface area contributed by atoms with Gasteiger partial charge in [0, 0.05) is 5.69 Å². The molecule has 1 heterocycles. The molecule has 1 aromatic heterocycles. The van der Waals surface area contributed by atoms with Crippen molar-refractivity contribution in [2.45, 2.75) is 19.8 Å². The lowest BCUT2D eigenvalue weighted by atomic mass is 10.2. The topological polar surface area (TPSA) is 69.8 Å². The first-order chi connectivity index (χ1) is 9.20. The second-order valence-corrected chi connectivity index (χ2v) is 5.18. The summed E-state index contributed by atoms with van der Waals surface area (Å²) in [5, 5.41) is 6.06. The van der Waals surface area contributed by atoms with E-state index in [1.165, 1.54) is 12.8 Å². The summed E-state index contributed by atoms with van der Waals surface area (Å²) in [5.74, 6) is 1.66. The Bertz CT molecular complexity index is 610. The number of rotatable bonds is 5. The van der Waals surface area contributed by atoms with Crippen molar-refractivity contribution in [2.75, 3.05) is 18.4 Å². The maximum absolute atomic E-state index is 11.8. The van der Waals surface area contributed by atoms with E-state index in [1.807, 2.05) is 25.1 Å². The SMILES string of the molecule is Cc1nc2ccc(NC(=O)CNCC3CC3)cc2[nH]1.Cl.Cl. The third-order valence-corrected chi connectivity index (χ3v) is 3.30. The average Bonchev–Trinajstić information content (AvgIpc) is 3.09. The minimum Gasteiger partial charge on any atom is -0.342 e. The Kier molecular flexibility index (Phi) is 6.45. The molecule has 0 bridgehead atoms. The summed E-state index contributed by atoms with van der Waals surface area (Å²) in [7, 11) is 0. The van der Waals surface area contributed by atoms with Crippen molar-refractivity contribution in [2.24, 2.45) is 5.92 Å². The van der Waals surface area contributed by atoms with Crippen LogP contribution in [0.5, 0.6) is 0 Å². The summed E-state index contributed by atoms with van der Waals surface area (Å²) >= 11 is 0. The molecule has 1 aromatic carbocycles. The maximum Gasteiger partial charge on any atom is 0.238 e. The predicted octanol–water partition coefficient (Wildman–Crippen LogP) is 2.65. The number of benzene rings is 1.